The first-order valence-corrected chi connectivity index (χ1v) is 5.95. The molecule has 0 atom stereocenters. The van der Waals surface area contributed by atoms with E-state index in [0.29, 0.717) is 6.54 Å². The highest BCUT2D eigenvalue weighted by Gasteiger charge is 2.19. The smallest absolute Gasteiger partial charge is 0.186 e. The van der Waals surface area contributed by atoms with Crippen LogP contribution in [0.3, 0.4) is 0 Å². The molecule has 0 aliphatic carbocycles. The summed E-state index contributed by atoms with van der Waals surface area (Å²) in [5.74, 6) is 0.996. The van der Waals surface area contributed by atoms with E-state index in [1.165, 1.54) is 0 Å². The Morgan fingerprint density at radius 1 is 1.44 bits per heavy atom. The Morgan fingerprint density at radius 2 is 2.38 bits per heavy atom. The van der Waals surface area contributed by atoms with Gasteiger partial charge in [-0.25, -0.2) is 4.98 Å². The Bertz CT molecular complexity index is 490. The first-order chi connectivity index (χ1) is 7.86. The van der Waals surface area contributed by atoms with Crippen LogP contribution in [0.5, 0.6) is 0 Å². The number of nitrogens with zero attached hydrogens (tertiary/aromatic N) is 5. The molecule has 2 aromatic heterocycles. The van der Waals surface area contributed by atoms with Crippen LogP contribution in [0.25, 0.3) is 0 Å². The summed E-state index contributed by atoms with van der Waals surface area (Å²) >= 11 is 1.65. The molecule has 0 bridgehead atoms. The summed E-state index contributed by atoms with van der Waals surface area (Å²) in [6.45, 7) is 3.20. The van der Waals surface area contributed by atoms with Crippen LogP contribution in [-0.2, 0) is 19.6 Å². The minimum absolute atomic E-state index is 0.557. The van der Waals surface area contributed by atoms with Crippen LogP contribution in [0.15, 0.2) is 12.5 Å². The van der Waals surface area contributed by atoms with Crippen LogP contribution in [0.1, 0.15) is 10.7 Å². The number of aromatic nitrogens is 4. The van der Waals surface area contributed by atoms with Crippen molar-refractivity contribution in [1.82, 2.24) is 19.7 Å². The lowest BCUT2D eigenvalue weighted by Crippen LogP contribution is -2.33. The van der Waals surface area contributed by atoms with Gasteiger partial charge in [-0.1, -0.05) is 0 Å². The number of rotatable bonds is 2. The third-order valence-corrected chi connectivity index (χ3v) is 3.73. The van der Waals surface area contributed by atoms with Crippen LogP contribution in [0, 0.1) is 0 Å². The fraction of sp³-hybridized carbons (Fsp3) is 0.444. The molecule has 0 aromatic carbocycles. The van der Waals surface area contributed by atoms with Gasteiger partial charge in [0, 0.05) is 30.7 Å². The SMILES string of the molecule is NCc1cnc(N2CCn3cnnc3C2)s1. The van der Waals surface area contributed by atoms with Gasteiger partial charge < -0.3 is 15.2 Å². The maximum Gasteiger partial charge on any atom is 0.186 e. The summed E-state index contributed by atoms with van der Waals surface area (Å²) in [5.41, 5.74) is 5.58. The zero-order valence-electron chi connectivity index (χ0n) is 8.70. The summed E-state index contributed by atoms with van der Waals surface area (Å²) in [7, 11) is 0. The van der Waals surface area contributed by atoms with Crippen LogP contribution in [0.4, 0.5) is 5.13 Å². The van der Waals surface area contributed by atoms with Gasteiger partial charge >= 0.3 is 0 Å². The van der Waals surface area contributed by atoms with Crippen molar-refractivity contribution < 1.29 is 0 Å². The third-order valence-electron chi connectivity index (χ3n) is 2.65. The van der Waals surface area contributed by atoms with Crippen molar-refractivity contribution in [3.05, 3.63) is 23.2 Å². The Hall–Kier alpha value is -1.47. The minimum atomic E-state index is 0.557. The Balaban J connectivity index is 1.83. The molecule has 0 fully saturated rings. The van der Waals surface area contributed by atoms with E-state index < -0.39 is 0 Å². The quantitative estimate of drug-likeness (QED) is 0.807. The van der Waals surface area contributed by atoms with Gasteiger partial charge in [0.1, 0.15) is 6.33 Å². The van der Waals surface area contributed by atoms with Gasteiger partial charge in [-0.05, 0) is 0 Å². The molecular weight excluding hydrogens is 224 g/mol. The second-order valence-corrected chi connectivity index (χ2v) is 4.77. The molecule has 0 spiro atoms. The van der Waals surface area contributed by atoms with E-state index in [2.05, 4.69) is 24.6 Å². The third kappa shape index (κ3) is 1.57. The number of anilines is 1. The fourth-order valence-corrected chi connectivity index (χ4v) is 2.58. The summed E-state index contributed by atoms with van der Waals surface area (Å²) < 4.78 is 2.08. The Labute approximate surface area is 96.7 Å². The molecule has 7 heteroatoms. The van der Waals surface area contributed by atoms with Gasteiger partial charge in [-0.2, -0.15) is 0 Å². The van der Waals surface area contributed by atoms with Crippen molar-refractivity contribution in [2.75, 3.05) is 11.4 Å². The summed E-state index contributed by atoms with van der Waals surface area (Å²) in [6.07, 6.45) is 3.62. The molecule has 1 aliphatic rings. The summed E-state index contributed by atoms with van der Waals surface area (Å²) in [4.78, 5) is 7.70. The van der Waals surface area contributed by atoms with Crippen molar-refractivity contribution in [3.8, 4) is 0 Å². The molecule has 0 saturated heterocycles. The number of fused-ring (bicyclic) bond motifs is 1. The van der Waals surface area contributed by atoms with Crippen molar-refractivity contribution in [2.24, 2.45) is 5.73 Å². The van der Waals surface area contributed by atoms with Crippen molar-refractivity contribution >= 4 is 16.5 Å². The molecule has 16 heavy (non-hydrogen) atoms. The number of nitrogens with two attached hydrogens (primary N) is 1. The zero-order valence-corrected chi connectivity index (χ0v) is 9.52. The van der Waals surface area contributed by atoms with E-state index in [1.54, 1.807) is 17.7 Å². The highest BCUT2D eigenvalue weighted by Crippen LogP contribution is 2.25. The van der Waals surface area contributed by atoms with Crippen LogP contribution < -0.4 is 10.6 Å². The Morgan fingerprint density at radius 3 is 3.19 bits per heavy atom. The van der Waals surface area contributed by atoms with Crippen molar-refractivity contribution in [3.63, 3.8) is 0 Å². The molecular formula is C9H12N6S. The average Bonchev–Trinajstić information content (AvgIpc) is 2.96. The molecule has 2 aromatic rings. The lowest BCUT2D eigenvalue weighted by molar-refractivity contribution is 0.559. The van der Waals surface area contributed by atoms with Gasteiger partial charge in [0.15, 0.2) is 11.0 Å². The predicted molar refractivity (Wildman–Crippen MR) is 61.1 cm³/mol. The van der Waals surface area contributed by atoms with Crippen LogP contribution in [0.2, 0.25) is 0 Å². The average molecular weight is 236 g/mol. The maximum absolute atomic E-state index is 5.58. The zero-order chi connectivity index (χ0) is 11.0. The highest BCUT2D eigenvalue weighted by molar-refractivity contribution is 7.15. The number of thiazole rings is 1. The monoisotopic (exact) mass is 236 g/mol. The summed E-state index contributed by atoms with van der Waals surface area (Å²) in [6, 6.07) is 0. The largest absolute Gasteiger partial charge is 0.339 e. The first-order valence-electron chi connectivity index (χ1n) is 5.13. The van der Waals surface area contributed by atoms with E-state index in [9.17, 15) is 0 Å². The Kier molecular flexibility index (Phi) is 2.33. The number of hydrogen-bond acceptors (Lipinski definition) is 6. The van der Waals surface area contributed by atoms with Gasteiger partial charge in [-0.3, -0.25) is 0 Å². The molecule has 0 radical (unpaired) electrons. The van der Waals surface area contributed by atoms with E-state index in [0.717, 1.165) is 35.5 Å². The molecule has 2 N–H and O–H groups in total. The van der Waals surface area contributed by atoms with E-state index in [4.69, 9.17) is 5.73 Å². The molecule has 0 amide bonds. The van der Waals surface area contributed by atoms with E-state index in [1.807, 2.05) is 6.20 Å². The van der Waals surface area contributed by atoms with Crippen LogP contribution >= 0.6 is 11.3 Å². The van der Waals surface area contributed by atoms with E-state index in [-0.39, 0.29) is 0 Å². The van der Waals surface area contributed by atoms with Gasteiger partial charge in [0.05, 0.1) is 6.54 Å². The standard InChI is InChI=1S/C9H12N6S/c10-3-7-4-11-9(16-7)14-1-2-15-6-12-13-8(15)5-14/h4,6H,1-3,5,10H2. The fourth-order valence-electron chi connectivity index (χ4n) is 1.77. The van der Waals surface area contributed by atoms with Gasteiger partial charge in [0.2, 0.25) is 0 Å². The molecule has 0 saturated carbocycles. The van der Waals surface area contributed by atoms with Crippen LogP contribution in [-0.4, -0.2) is 26.3 Å². The second-order valence-electron chi connectivity index (χ2n) is 3.68. The van der Waals surface area contributed by atoms with Gasteiger partial charge in [0.25, 0.3) is 0 Å². The predicted octanol–water partition coefficient (Wildman–Crippen LogP) is 0.213. The lowest BCUT2D eigenvalue weighted by atomic mass is 10.4. The van der Waals surface area contributed by atoms with Crippen molar-refractivity contribution in [2.45, 2.75) is 19.6 Å². The lowest BCUT2D eigenvalue weighted by Gasteiger charge is -2.26. The molecule has 0 unspecified atom stereocenters. The highest BCUT2D eigenvalue weighted by atomic mass is 32.1. The minimum Gasteiger partial charge on any atom is -0.339 e. The first kappa shape index (κ1) is 9.73. The van der Waals surface area contributed by atoms with Gasteiger partial charge in [-0.15, -0.1) is 21.5 Å². The second kappa shape index (κ2) is 3.84. The molecule has 3 rings (SSSR count). The molecule has 3 heterocycles. The topological polar surface area (TPSA) is 72.9 Å². The maximum atomic E-state index is 5.58. The molecule has 84 valence electrons. The molecule has 6 nitrogen and oxygen atoms in total. The molecule has 1 aliphatic heterocycles. The van der Waals surface area contributed by atoms with Crippen molar-refractivity contribution in [1.29, 1.82) is 0 Å². The number of hydrogen-bond donors (Lipinski definition) is 1. The van der Waals surface area contributed by atoms with E-state index >= 15 is 0 Å². The normalized spacial score (nSPS) is 15.2. The summed E-state index contributed by atoms with van der Waals surface area (Å²) in [5, 5.41) is 9.01.